The summed E-state index contributed by atoms with van der Waals surface area (Å²) in [4.78, 5) is 8.45. The first-order valence-electron chi connectivity index (χ1n) is 6.54. The number of aromatic nitrogens is 2. The number of hydrogen-bond acceptors (Lipinski definition) is 4. The van der Waals surface area contributed by atoms with Gasteiger partial charge in [0.2, 0.25) is 5.89 Å². The lowest BCUT2D eigenvalue weighted by Gasteiger charge is -1.98. The zero-order valence-corrected chi connectivity index (χ0v) is 11.6. The van der Waals surface area contributed by atoms with Gasteiger partial charge < -0.3 is 9.15 Å². The van der Waals surface area contributed by atoms with Gasteiger partial charge in [0.15, 0.2) is 5.76 Å². The Bertz CT molecular complexity index is 731. The van der Waals surface area contributed by atoms with Crippen LogP contribution in [0.5, 0.6) is 5.75 Å². The van der Waals surface area contributed by atoms with Crippen LogP contribution < -0.4 is 4.74 Å². The summed E-state index contributed by atoms with van der Waals surface area (Å²) in [5, 5.41) is 0. The summed E-state index contributed by atoms with van der Waals surface area (Å²) < 4.78 is 10.8. The van der Waals surface area contributed by atoms with Gasteiger partial charge in [0.1, 0.15) is 11.4 Å². The van der Waals surface area contributed by atoms with Crippen molar-refractivity contribution in [3.8, 4) is 17.2 Å². The van der Waals surface area contributed by atoms with E-state index in [0.717, 1.165) is 17.0 Å². The van der Waals surface area contributed by atoms with Gasteiger partial charge in [0, 0.05) is 12.3 Å². The molecule has 0 aliphatic rings. The molecule has 0 aliphatic carbocycles. The van der Waals surface area contributed by atoms with E-state index in [9.17, 15) is 0 Å². The first-order chi connectivity index (χ1) is 10.3. The highest BCUT2D eigenvalue weighted by atomic mass is 16.5. The number of oxazole rings is 1. The highest BCUT2D eigenvalue weighted by Gasteiger charge is 2.04. The summed E-state index contributed by atoms with van der Waals surface area (Å²) in [7, 11) is 1.65. The van der Waals surface area contributed by atoms with Gasteiger partial charge in [0.25, 0.3) is 0 Å². The van der Waals surface area contributed by atoms with Gasteiger partial charge in [-0.05, 0) is 35.9 Å². The first-order valence-corrected chi connectivity index (χ1v) is 6.54. The maximum Gasteiger partial charge on any atom is 0.219 e. The average molecular weight is 278 g/mol. The quantitative estimate of drug-likeness (QED) is 0.725. The van der Waals surface area contributed by atoms with E-state index in [-0.39, 0.29) is 0 Å². The lowest BCUT2D eigenvalue weighted by molar-refractivity contribution is 0.415. The number of rotatable bonds is 4. The van der Waals surface area contributed by atoms with E-state index in [4.69, 9.17) is 9.15 Å². The number of methoxy groups -OCH3 is 1. The van der Waals surface area contributed by atoms with Gasteiger partial charge in [-0.25, -0.2) is 4.98 Å². The van der Waals surface area contributed by atoms with Crippen molar-refractivity contribution in [1.82, 2.24) is 9.97 Å². The minimum atomic E-state index is 0.548. The van der Waals surface area contributed by atoms with Gasteiger partial charge in [-0.1, -0.05) is 18.2 Å². The minimum absolute atomic E-state index is 0.548. The number of nitrogens with zero attached hydrogens (tertiary/aromatic N) is 2. The SMILES string of the molecule is COc1ccc(C=Cc2ncc(-c3ccccn3)o2)cc1. The Morgan fingerprint density at radius 2 is 1.86 bits per heavy atom. The molecular weight excluding hydrogens is 264 g/mol. The van der Waals surface area contributed by atoms with Gasteiger partial charge in [0.05, 0.1) is 13.3 Å². The van der Waals surface area contributed by atoms with E-state index in [1.54, 1.807) is 19.5 Å². The molecule has 3 aromatic rings. The van der Waals surface area contributed by atoms with Gasteiger partial charge in [-0.3, -0.25) is 4.98 Å². The molecule has 0 fully saturated rings. The Hall–Kier alpha value is -2.88. The normalized spacial score (nSPS) is 10.9. The van der Waals surface area contributed by atoms with Crippen LogP contribution in [0.2, 0.25) is 0 Å². The van der Waals surface area contributed by atoms with Crippen LogP contribution in [0.4, 0.5) is 0 Å². The molecule has 3 rings (SSSR count). The van der Waals surface area contributed by atoms with Crippen molar-refractivity contribution in [1.29, 1.82) is 0 Å². The Kier molecular flexibility index (Phi) is 3.78. The third kappa shape index (κ3) is 3.17. The summed E-state index contributed by atoms with van der Waals surface area (Å²) in [5.41, 5.74) is 1.82. The molecule has 0 amide bonds. The van der Waals surface area contributed by atoms with Gasteiger partial charge in [-0.15, -0.1) is 0 Å². The highest BCUT2D eigenvalue weighted by molar-refractivity contribution is 5.67. The fourth-order valence-electron chi connectivity index (χ4n) is 1.87. The van der Waals surface area contributed by atoms with Crippen molar-refractivity contribution >= 4 is 12.2 Å². The first kappa shape index (κ1) is 13.1. The van der Waals surface area contributed by atoms with Crippen molar-refractivity contribution in [2.45, 2.75) is 0 Å². The molecule has 104 valence electrons. The van der Waals surface area contributed by atoms with E-state index in [1.165, 1.54) is 0 Å². The van der Waals surface area contributed by atoms with Gasteiger partial charge >= 0.3 is 0 Å². The molecule has 0 saturated heterocycles. The molecule has 0 saturated carbocycles. The minimum Gasteiger partial charge on any atom is -0.497 e. The van der Waals surface area contributed by atoms with Crippen molar-refractivity contribution in [3.63, 3.8) is 0 Å². The fraction of sp³-hybridized carbons (Fsp3) is 0.0588. The largest absolute Gasteiger partial charge is 0.497 e. The molecule has 1 aromatic carbocycles. The molecule has 0 N–H and O–H groups in total. The molecule has 4 heteroatoms. The molecule has 0 radical (unpaired) electrons. The summed E-state index contributed by atoms with van der Waals surface area (Å²) >= 11 is 0. The summed E-state index contributed by atoms with van der Waals surface area (Å²) in [6, 6.07) is 13.4. The molecule has 0 aliphatic heterocycles. The molecule has 0 bridgehead atoms. The topological polar surface area (TPSA) is 48.2 Å². The standard InChI is InChI=1S/C17H14N2O2/c1-20-14-8-5-13(6-9-14)7-10-17-19-12-16(21-17)15-4-2-3-11-18-15/h2-12H,1H3. The number of hydrogen-bond donors (Lipinski definition) is 0. The smallest absolute Gasteiger partial charge is 0.219 e. The predicted octanol–water partition coefficient (Wildman–Crippen LogP) is 3.92. The van der Waals surface area contributed by atoms with E-state index in [1.807, 2.05) is 54.6 Å². The highest BCUT2D eigenvalue weighted by Crippen LogP contribution is 2.19. The summed E-state index contributed by atoms with van der Waals surface area (Å²) in [5.74, 6) is 2.04. The van der Waals surface area contributed by atoms with Crippen LogP contribution in [0.25, 0.3) is 23.6 Å². The predicted molar refractivity (Wildman–Crippen MR) is 81.7 cm³/mol. The molecule has 21 heavy (non-hydrogen) atoms. The van der Waals surface area contributed by atoms with Crippen molar-refractivity contribution in [2.75, 3.05) is 7.11 Å². The van der Waals surface area contributed by atoms with Crippen molar-refractivity contribution < 1.29 is 9.15 Å². The molecule has 4 nitrogen and oxygen atoms in total. The Balaban J connectivity index is 1.76. The van der Waals surface area contributed by atoms with Gasteiger partial charge in [-0.2, -0.15) is 0 Å². The number of benzene rings is 1. The third-order valence-electron chi connectivity index (χ3n) is 2.98. The zero-order chi connectivity index (χ0) is 14.5. The van der Waals surface area contributed by atoms with Crippen LogP contribution in [-0.2, 0) is 0 Å². The monoisotopic (exact) mass is 278 g/mol. The Labute approximate surface area is 122 Å². The van der Waals surface area contributed by atoms with E-state index >= 15 is 0 Å². The van der Waals surface area contributed by atoms with Crippen LogP contribution in [0.15, 0.2) is 59.3 Å². The second kappa shape index (κ2) is 6.05. The van der Waals surface area contributed by atoms with Crippen molar-refractivity contribution in [2.24, 2.45) is 0 Å². The second-order valence-corrected chi connectivity index (χ2v) is 4.38. The maximum atomic E-state index is 5.65. The molecule has 2 aromatic heterocycles. The fourth-order valence-corrected chi connectivity index (χ4v) is 1.87. The van der Waals surface area contributed by atoms with Crippen LogP contribution in [0.3, 0.4) is 0 Å². The number of ether oxygens (including phenoxy) is 1. The Morgan fingerprint density at radius 1 is 1.00 bits per heavy atom. The second-order valence-electron chi connectivity index (χ2n) is 4.38. The number of pyridine rings is 1. The molecule has 0 atom stereocenters. The molecular formula is C17H14N2O2. The Morgan fingerprint density at radius 3 is 2.57 bits per heavy atom. The maximum absolute atomic E-state index is 5.65. The zero-order valence-electron chi connectivity index (χ0n) is 11.6. The molecule has 0 unspecified atom stereocenters. The van der Waals surface area contributed by atoms with E-state index in [0.29, 0.717) is 11.7 Å². The summed E-state index contributed by atoms with van der Waals surface area (Å²) in [6.07, 6.45) is 7.17. The molecule has 0 spiro atoms. The van der Waals surface area contributed by atoms with Crippen molar-refractivity contribution in [3.05, 3.63) is 66.3 Å². The third-order valence-corrected chi connectivity index (χ3v) is 2.98. The van der Waals surface area contributed by atoms with E-state index in [2.05, 4.69) is 9.97 Å². The van der Waals surface area contributed by atoms with Crippen LogP contribution >= 0.6 is 0 Å². The average Bonchev–Trinajstić information content (AvgIpc) is 3.03. The lowest BCUT2D eigenvalue weighted by Crippen LogP contribution is -1.81. The molecule has 2 heterocycles. The van der Waals surface area contributed by atoms with Crippen LogP contribution in [0.1, 0.15) is 11.5 Å². The summed E-state index contributed by atoms with van der Waals surface area (Å²) in [6.45, 7) is 0. The van der Waals surface area contributed by atoms with E-state index < -0.39 is 0 Å². The van der Waals surface area contributed by atoms with Crippen LogP contribution in [0, 0.1) is 0 Å². The van der Waals surface area contributed by atoms with Crippen LogP contribution in [-0.4, -0.2) is 17.1 Å². The lowest BCUT2D eigenvalue weighted by atomic mass is 10.2.